The second kappa shape index (κ2) is 5.14. The molecule has 3 rings (SSSR count). The molecule has 0 unspecified atom stereocenters. The van der Waals surface area contributed by atoms with Crippen LogP contribution in [0.1, 0.15) is 5.76 Å². The first-order valence-corrected chi connectivity index (χ1v) is 7.78. The Balaban J connectivity index is 2.11. The standard InChI is InChI=1S/C14H10F3NO4S/c1-8-13(18-22-23(19,20)14(15,16)17)12-10-5-3-2-4-9(10)6-7-11(12)21-8/h2-7,18H,1H3. The van der Waals surface area contributed by atoms with Crippen LogP contribution in [-0.4, -0.2) is 13.9 Å². The summed E-state index contributed by atoms with van der Waals surface area (Å²) in [6, 6.07) is 10.6. The van der Waals surface area contributed by atoms with Gasteiger partial charge in [-0.25, -0.2) is 5.48 Å². The summed E-state index contributed by atoms with van der Waals surface area (Å²) in [6.07, 6.45) is 0. The van der Waals surface area contributed by atoms with Crippen molar-refractivity contribution in [2.75, 3.05) is 5.48 Å². The normalized spacial score (nSPS) is 12.9. The first kappa shape index (κ1) is 15.6. The lowest BCUT2D eigenvalue weighted by molar-refractivity contribution is -0.0527. The molecule has 0 fully saturated rings. The first-order chi connectivity index (χ1) is 10.7. The minimum Gasteiger partial charge on any atom is -0.459 e. The minimum absolute atomic E-state index is 0.0321. The highest BCUT2D eigenvalue weighted by atomic mass is 32.2. The van der Waals surface area contributed by atoms with Crippen molar-refractivity contribution in [2.24, 2.45) is 0 Å². The van der Waals surface area contributed by atoms with Gasteiger partial charge in [0.05, 0.1) is 5.39 Å². The van der Waals surface area contributed by atoms with E-state index in [2.05, 4.69) is 4.28 Å². The SMILES string of the molecule is Cc1oc2ccc3ccccc3c2c1NOS(=O)(=O)C(F)(F)F. The summed E-state index contributed by atoms with van der Waals surface area (Å²) in [5, 5.41) is 1.96. The quantitative estimate of drug-likeness (QED) is 0.572. The maximum Gasteiger partial charge on any atom is 0.525 e. The van der Waals surface area contributed by atoms with Crippen LogP contribution >= 0.6 is 0 Å². The predicted molar refractivity (Wildman–Crippen MR) is 78.1 cm³/mol. The van der Waals surface area contributed by atoms with Crippen molar-refractivity contribution >= 4 is 37.5 Å². The van der Waals surface area contributed by atoms with Gasteiger partial charge in [-0.1, -0.05) is 30.3 Å². The van der Waals surface area contributed by atoms with Gasteiger partial charge >= 0.3 is 15.6 Å². The van der Waals surface area contributed by atoms with Crippen LogP contribution < -0.4 is 5.48 Å². The summed E-state index contributed by atoms with van der Waals surface area (Å²) >= 11 is 0. The van der Waals surface area contributed by atoms with Crippen LogP contribution in [0.3, 0.4) is 0 Å². The summed E-state index contributed by atoms with van der Waals surface area (Å²) < 4.78 is 68.4. The predicted octanol–water partition coefficient (Wildman–Crippen LogP) is 4.09. The monoisotopic (exact) mass is 345 g/mol. The third-order valence-corrected chi connectivity index (χ3v) is 4.16. The Morgan fingerprint density at radius 1 is 1.13 bits per heavy atom. The third-order valence-electron chi connectivity index (χ3n) is 3.29. The number of benzene rings is 2. The average Bonchev–Trinajstić information content (AvgIpc) is 2.80. The molecule has 3 aromatic rings. The number of aryl methyl sites for hydroxylation is 1. The van der Waals surface area contributed by atoms with E-state index >= 15 is 0 Å². The van der Waals surface area contributed by atoms with Crippen molar-refractivity contribution in [2.45, 2.75) is 12.4 Å². The lowest BCUT2D eigenvalue weighted by Gasteiger charge is -2.09. The number of furan rings is 1. The molecule has 1 aromatic heterocycles. The summed E-state index contributed by atoms with van der Waals surface area (Å²) in [6.45, 7) is 1.49. The Morgan fingerprint density at radius 3 is 2.52 bits per heavy atom. The zero-order valence-corrected chi connectivity index (χ0v) is 12.5. The number of alkyl halides is 3. The number of halogens is 3. The molecule has 23 heavy (non-hydrogen) atoms. The molecule has 1 N–H and O–H groups in total. The summed E-state index contributed by atoms with van der Waals surface area (Å²) in [4.78, 5) is 0. The Labute approximate surface area is 128 Å². The number of hydrogen-bond acceptors (Lipinski definition) is 5. The van der Waals surface area contributed by atoms with Crippen LogP contribution in [-0.2, 0) is 14.4 Å². The molecule has 9 heteroatoms. The average molecular weight is 345 g/mol. The zero-order valence-electron chi connectivity index (χ0n) is 11.6. The highest BCUT2D eigenvalue weighted by Crippen LogP contribution is 2.37. The smallest absolute Gasteiger partial charge is 0.459 e. The van der Waals surface area contributed by atoms with Crippen LogP contribution in [0.15, 0.2) is 40.8 Å². The second-order valence-electron chi connectivity index (χ2n) is 4.78. The maximum absolute atomic E-state index is 12.4. The highest BCUT2D eigenvalue weighted by Gasteiger charge is 2.48. The third kappa shape index (κ3) is 2.62. The molecule has 0 aliphatic heterocycles. The van der Waals surface area contributed by atoms with Gasteiger partial charge in [0.1, 0.15) is 17.0 Å². The van der Waals surface area contributed by atoms with Crippen LogP contribution in [0.25, 0.3) is 21.7 Å². The summed E-state index contributed by atoms with van der Waals surface area (Å²) in [5.41, 5.74) is -3.21. The highest BCUT2D eigenvalue weighted by molar-refractivity contribution is 7.87. The molecule has 0 radical (unpaired) electrons. The topological polar surface area (TPSA) is 68.5 Å². The van der Waals surface area contributed by atoms with E-state index in [1.807, 2.05) is 11.5 Å². The van der Waals surface area contributed by atoms with Crippen LogP contribution in [0.2, 0.25) is 0 Å². The van der Waals surface area contributed by atoms with Crippen molar-refractivity contribution in [1.82, 2.24) is 0 Å². The maximum atomic E-state index is 12.4. The number of anilines is 1. The van der Waals surface area contributed by atoms with E-state index in [0.29, 0.717) is 16.4 Å². The molecule has 122 valence electrons. The van der Waals surface area contributed by atoms with Gasteiger partial charge in [-0.15, -0.1) is 4.28 Å². The number of rotatable bonds is 3. The Morgan fingerprint density at radius 2 is 1.83 bits per heavy atom. The van der Waals surface area contributed by atoms with Gasteiger partial charge in [0, 0.05) is 0 Å². The Bertz CT molecular complexity index is 992. The molecule has 0 amide bonds. The number of hydrogen-bond donors (Lipinski definition) is 1. The van der Waals surface area contributed by atoms with Gasteiger partial charge in [-0.05, 0) is 23.8 Å². The van der Waals surface area contributed by atoms with Gasteiger partial charge in [-0.2, -0.15) is 21.6 Å². The van der Waals surface area contributed by atoms with Crippen LogP contribution in [0.4, 0.5) is 18.9 Å². The molecule has 0 atom stereocenters. The van der Waals surface area contributed by atoms with Crippen molar-refractivity contribution in [3.8, 4) is 0 Å². The number of fused-ring (bicyclic) bond motifs is 3. The van der Waals surface area contributed by atoms with E-state index in [0.717, 1.165) is 5.39 Å². The fraction of sp³-hybridized carbons (Fsp3) is 0.143. The van der Waals surface area contributed by atoms with Crippen molar-refractivity contribution in [3.05, 3.63) is 42.2 Å². The molecule has 0 aliphatic carbocycles. The van der Waals surface area contributed by atoms with Crippen molar-refractivity contribution in [3.63, 3.8) is 0 Å². The largest absolute Gasteiger partial charge is 0.525 e. The first-order valence-electron chi connectivity index (χ1n) is 6.37. The Kier molecular flexibility index (Phi) is 3.49. The van der Waals surface area contributed by atoms with Gasteiger partial charge in [0.15, 0.2) is 0 Å². The molecular formula is C14H10F3NO4S. The molecule has 0 bridgehead atoms. The van der Waals surface area contributed by atoms with E-state index < -0.39 is 15.6 Å². The lowest BCUT2D eigenvalue weighted by atomic mass is 10.1. The van der Waals surface area contributed by atoms with Gasteiger partial charge < -0.3 is 4.42 Å². The molecule has 0 aliphatic rings. The molecule has 0 saturated carbocycles. The Hall–Kier alpha value is -2.26. The molecule has 0 spiro atoms. The van der Waals surface area contributed by atoms with E-state index in [9.17, 15) is 21.6 Å². The molecule has 0 saturated heterocycles. The zero-order chi connectivity index (χ0) is 16.8. The summed E-state index contributed by atoms with van der Waals surface area (Å²) in [7, 11) is -5.77. The van der Waals surface area contributed by atoms with Gasteiger partial charge in [-0.3, -0.25) is 0 Å². The molecule has 1 heterocycles. The summed E-state index contributed by atoms with van der Waals surface area (Å²) in [5.74, 6) is 0.203. The van der Waals surface area contributed by atoms with Crippen molar-refractivity contribution in [1.29, 1.82) is 0 Å². The van der Waals surface area contributed by atoms with Crippen LogP contribution in [0, 0.1) is 6.92 Å². The van der Waals surface area contributed by atoms with E-state index in [1.165, 1.54) is 6.92 Å². The molecule has 2 aromatic carbocycles. The van der Waals surface area contributed by atoms with Crippen LogP contribution in [0.5, 0.6) is 0 Å². The van der Waals surface area contributed by atoms with Gasteiger partial charge in [0.25, 0.3) is 0 Å². The van der Waals surface area contributed by atoms with E-state index in [-0.39, 0.29) is 11.4 Å². The second-order valence-corrected chi connectivity index (χ2v) is 6.32. The lowest BCUT2D eigenvalue weighted by Crippen LogP contribution is -2.27. The molecule has 5 nitrogen and oxygen atoms in total. The molecular weight excluding hydrogens is 335 g/mol. The van der Waals surface area contributed by atoms with Gasteiger partial charge in [0.2, 0.25) is 0 Å². The van der Waals surface area contributed by atoms with E-state index in [4.69, 9.17) is 4.42 Å². The number of nitrogens with one attached hydrogen (secondary N) is 1. The fourth-order valence-corrected chi connectivity index (χ4v) is 2.54. The fourth-order valence-electron chi connectivity index (χ4n) is 2.25. The minimum atomic E-state index is -5.77. The van der Waals surface area contributed by atoms with Crippen molar-refractivity contribution < 1.29 is 30.3 Å². The van der Waals surface area contributed by atoms with E-state index in [1.54, 1.807) is 30.3 Å².